The van der Waals surface area contributed by atoms with Gasteiger partial charge in [0, 0.05) is 10.7 Å². The van der Waals surface area contributed by atoms with Crippen molar-refractivity contribution >= 4 is 69.5 Å². The van der Waals surface area contributed by atoms with Crippen molar-refractivity contribution in [2.24, 2.45) is 5.10 Å². The second-order valence-electron chi connectivity index (χ2n) is 7.91. The molecular formula is C27H26ClIN4O6. The number of carbonyl (C=O) groups excluding carboxylic acids is 3. The van der Waals surface area contributed by atoms with Gasteiger partial charge < -0.3 is 24.8 Å². The Labute approximate surface area is 244 Å². The van der Waals surface area contributed by atoms with Crippen LogP contribution in [-0.4, -0.2) is 44.3 Å². The smallest absolute Gasteiger partial charge is 0.329 e. The number of nitrogens with one attached hydrogen (secondary N) is 3. The summed E-state index contributed by atoms with van der Waals surface area (Å²) in [5.74, 6) is -1.06. The molecule has 0 atom stereocenters. The summed E-state index contributed by atoms with van der Waals surface area (Å²) in [7, 11) is 1.46. The van der Waals surface area contributed by atoms with Crippen LogP contribution in [-0.2, 0) is 14.4 Å². The van der Waals surface area contributed by atoms with Crippen molar-refractivity contribution in [3.8, 4) is 17.2 Å². The van der Waals surface area contributed by atoms with E-state index in [-0.39, 0.29) is 12.5 Å². The van der Waals surface area contributed by atoms with E-state index in [2.05, 4.69) is 21.2 Å². The highest BCUT2D eigenvalue weighted by atomic mass is 127. The number of carbonyl (C=O) groups is 3. The Bertz CT molecular complexity index is 1400. The van der Waals surface area contributed by atoms with E-state index in [0.717, 1.165) is 5.56 Å². The van der Waals surface area contributed by atoms with E-state index < -0.39 is 11.8 Å². The number of para-hydroxylation sites is 2. The fourth-order valence-corrected chi connectivity index (χ4v) is 4.21. The number of hydrogen-bond acceptors (Lipinski definition) is 7. The van der Waals surface area contributed by atoms with Gasteiger partial charge in [-0.05, 0) is 84.0 Å². The number of anilines is 2. The van der Waals surface area contributed by atoms with Gasteiger partial charge in [0.2, 0.25) is 0 Å². The van der Waals surface area contributed by atoms with Gasteiger partial charge in [0.15, 0.2) is 18.1 Å². The SMILES string of the molecule is CCOc1ccccc1NC(=O)C(=O)N/N=C\c1cc(I)c(OCC(=O)Nc2cc(Cl)ccc2C)c(OC)c1. The van der Waals surface area contributed by atoms with Crippen molar-refractivity contribution in [3.63, 3.8) is 0 Å². The maximum atomic E-state index is 12.4. The summed E-state index contributed by atoms with van der Waals surface area (Å²) in [6.07, 6.45) is 1.35. The average molecular weight is 665 g/mol. The third-order valence-corrected chi connectivity index (χ3v) is 6.13. The fraction of sp³-hybridized carbons (Fsp3) is 0.185. The molecule has 0 aliphatic rings. The molecule has 0 heterocycles. The first-order chi connectivity index (χ1) is 18.7. The van der Waals surface area contributed by atoms with Crippen LogP contribution in [0.15, 0.2) is 59.7 Å². The van der Waals surface area contributed by atoms with Crippen LogP contribution in [0.2, 0.25) is 5.02 Å². The van der Waals surface area contributed by atoms with Crippen molar-refractivity contribution in [1.82, 2.24) is 5.43 Å². The molecule has 0 saturated heterocycles. The highest BCUT2D eigenvalue weighted by Crippen LogP contribution is 2.33. The van der Waals surface area contributed by atoms with Gasteiger partial charge >= 0.3 is 11.8 Å². The molecule has 3 N–H and O–H groups in total. The molecule has 0 aliphatic heterocycles. The molecule has 0 aliphatic carbocycles. The minimum Gasteiger partial charge on any atom is -0.493 e. The van der Waals surface area contributed by atoms with Crippen LogP contribution >= 0.6 is 34.2 Å². The van der Waals surface area contributed by atoms with E-state index in [1.54, 1.807) is 48.5 Å². The van der Waals surface area contributed by atoms with Gasteiger partial charge in [-0.1, -0.05) is 29.8 Å². The normalized spacial score (nSPS) is 10.6. The highest BCUT2D eigenvalue weighted by Gasteiger charge is 2.16. The van der Waals surface area contributed by atoms with E-state index in [1.165, 1.54) is 13.3 Å². The monoisotopic (exact) mass is 664 g/mol. The van der Waals surface area contributed by atoms with Crippen LogP contribution < -0.4 is 30.3 Å². The molecule has 0 unspecified atom stereocenters. The lowest BCUT2D eigenvalue weighted by Gasteiger charge is -2.14. The first-order valence-corrected chi connectivity index (χ1v) is 13.1. The Morgan fingerprint density at radius 3 is 2.49 bits per heavy atom. The molecule has 0 bridgehead atoms. The molecule has 204 valence electrons. The van der Waals surface area contributed by atoms with Gasteiger partial charge in [-0.25, -0.2) is 5.43 Å². The fourth-order valence-electron chi connectivity index (χ4n) is 3.25. The van der Waals surface area contributed by atoms with Crippen molar-refractivity contribution in [2.75, 3.05) is 31.0 Å². The van der Waals surface area contributed by atoms with E-state index in [1.807, 2.05) is 42.5 Å². The molecule has 3 amide bonds. The van der Waals surface area contributed by atoms with Crippen LogP contribution in [0.5, 0.6) is 17.2 Å². The Morgan fingerprint density at radius 1 is 0.974 bits per heavy atom. The maximum absolute atomic E-state index is 12.4. The highest BCUT2D eigenvalue weighted by molar-refractivity contribution is 14.1. The second kappa shape index (κ2) is 14.4. The summed E-state index contributed by atoms with van der Waals surface area (Å²) in [6, 6.07) is 15.3. The van der Waals surface area contributed by atoms with Gasteiger partial charge in [0.25, 0.3) is 5.91 Å². The number of rotatable bonds is 10. The van der Waals surface area contributed by atoms with Crippen molar-refractivity contribution in [2.45, 2.75) is 13.8 Å². The van der Waals surface area contributed by atoms with E-state index in [0.29, 0.717) is 49.4 Å². The largest absolute Gasteiger partial charge is 0.493 e. The number of hydrogen-bond donors (Lipinski definition) is 3. The van der Waals surface area contributed by atoms with Crippen LogP contribution in [0.3, 0.4) is 0 Å². The predicted molar refractivity (Wildman–Crippen MR) is 158 cm³/mol. The van der Waals surface area contributed by atoms with E-state index in [9.17, 15) is 14.4 Å². The minimum atomic E-state index is -0.958. The van der Waals surface area contributed by atoms with E-state index in [4.69, 9.17) is 25.8 Å². The molecule has 0 spiro atoms. The van der Waals surface area contributed by atoms with Crippen LogP contribution in [0.25, 0.3) is 0 Å². The lowest BCUT2D eigenvalue weighted by atomic mass is 10.2. The summed E-state index contributed by atoms with van der Waals surface area (Å²) in [6.45, 7) is 3.82. The topological polar surface area (TPSA) is 127 Å². The second-order valence-corrected chi connectivity index (χ2v) is 9.51. The zero-order valence-electron chi connectivity index (χ0n) is 21.3. The van der Waals surface area contributed by atoms with Gasteiger partial charge in [-0.2, -0.15) is 5.10 Å². The number of benzene rings is 3. The van der Waals surface area contributed by atoms with Gasteiger partial charge in [-0.3, -0.25) is 14.4 Å². The maximum Gasteiger partial charge on any atom is 0.329 e. The third-order valence-electron chi connectivity index (χ3n) is 5.09. The number of hydrazone groups is 1. The summed E-state index contributed by atoms with van der Waals surface area (Å²) >= 11 is 8.04. The first kappa shape index (κ1) is 29.7. The zero-order chi connectivity index (χ0) is 28.4. The van der Waals surface area contributed by atoms with E-state index >= 15 is 0 Å². The number of nitrogens with zero attached hydrogens (tertiary/aromatic N) is 1. The predicted octanol–water partition coefficient (Wildman–Crippen LogP) is 4.77. The number of aryl methyl sites for hydroxylation is 1. The molecule has 10 nitrogen and oxygen atoms in total. The molecule has 0 saturated carbocycles. The molecule has 12 heteroatoms. The Morgan fingerprint density at radius 2 is 1.74 bits per heavy atom. The Hall–Kier alpha value is -3.84. The van der Waals surface area contributed by atoms with Gasteiger partial charge in [-0.15, -0.1) is 0 Å². The van der Waals surface area contributed by atoms with Crippen molar-refractivity contribution in [1.29, 1.82) is 0 Å². The summed E-state index contributed by atoms with van der Waals surface area (Å²) in [4.78, 5) is 36.9. The molecular weight excluding hydrogens is 639 g/mol. The van der Waals surface area contributed by atoms with Gasteiger partial charge in [0.05, 0.1) is 29.2 Å². The first-order valence-electron chi connectivity index (χ1n) is 11.6. The molecule has 0 fully saturated rings. The standard InChI is InChI=1S/C27H26ClIN4O6/c1-4-38-22-8-6-5-7-20(22)32-26(35)27(36)33-30-14-17-11-19(29)25(23(12-17)37-3)39-15-24(34)31-21-13-18(28)10-9-16(21)2/h5-14H,4,15H2,1-3H3,(H,31,34)(H,32,35)(H,33,36)/b30-14-. The number of ether oxygens (including phenoxy) is 3. The molecule has 39 heavy (non-hydrogen) atoms. The number of halogens is 2. The lowest BCUT2D eigenvalue weighted by Crippen LogP contribution is -2.32. The molecule has 0 radical (unpaired) electrons. The average Bonchev–Trinajstić information content (AvgIpc) is 2.91. The number of methoxy groups -OCH3 is 1. The van der Waals surface area contributed by atoms with Crippen LogP contribution in [0, 0.1) is 10.5 Å². The zero-order valence-corrected chi connectivity index (χ0v) is 24.3. The summed E-state index contributed by atoms with van der Waals surface area (Å²) in [5, 5.41) is 9.63. The number of amides is 3. The van der Waals surface area contributed by atoms with Crippen molar-refractivity contribution < 1.29 is 28.6 Å². The van der Waals surface area contributed by atoms with Gasteiger partial charge in [0.1, 0.15) is 5.75 Å². The lowest BCUT2D eigenvalue weighted by molar-refractivity contribution is -0.136. The minimum absolute atomic E-state index is 0.261. The van der Waals surface area contributed by atoms with Crippen LogP contribution in [0.1, 0.15) is 18.1 Å². The quantitative estimate of drug-likeness (QED) is 0.124. The molecule has 3 aromatic rings. The molecule has 0 aromatic heterocycles. The van der Waals surface area contributed by atoms with Crippen LogP contribution in [0.4, 0.5) is 11.4 Å². The summed E-state index contributed by atoms with van der Waals surface area (Å²) in [5.41, 5.74) is 4.58. The van der Waals surface area contributed by atoms with Crippen molar-refractivity contribution in [3.05, 3.63) is 74.3 Å². The Kier molecular flexibility index (Phi) is 10.9. The molecule has 3 rings (SSSR count). The third kappa shape index (κ3) is 8.58. The Balaban J connectivity index is 1.60. The summed E-state index contributed by atoms with van der Waals surface area (Å²) < 4.78 is 17.2. The molecule has 3 aromatic carbocycles.